The van der Waals surface area contributed by atoms with Crippen molar-refractivity contribution in [1.29, 1.82) is 0 Å². The average Bonchev–Trinajstić information content (AvgIpc) is 1.72. The highest BCUT2D eigenvalue weighted by molar-refractivity contribution is 14.1. The minimum atomic E-state index is 0. The molecule has 0 saturated heterocycles. The molecule has 2 heterocycles. The van der Waals surface area contributed by atoms with Crippen LogP contribution in [0.15, 0.2) is 109 Å². The molecule has 107 heavy (non-hydrogen) atoms. The van der Waals surface area contributed by atoms with E-state index in [0.717, 1.165) is 75.3 Å². The highest BCUT2D eigenvalue weighted by atomic mass is 127. The van der Waals surface area contributed by atoms with Gasteiger partial charge in [-0.05, 0) is 278 Å². The number of halogens is 2. The minimum absolute atomic E-state index is 0. The van der Waals surface area contributed by atoms with Crippen LogP contribution >= 0.6 is 35.0 Å². The van der Waals surface area contributed by atoms with E-state index in [4.69, 9.17) is 91.3 Å². The van der Waals surface area contributed by atoms with E-state index in [1.54, 1.807) is 0 Å². The van der Waals surface area contributed by atoms with E-state index in [9.17, 15) is 0 Å². The zero-order valence-corrected chi connectivity index (χ0v) is 70.8. The van der Waals surface area contributed by atoms with Crippen molar-refractivity contribution in [1.82, 2.24) is 20.4 Å². The summed E-state index contributed by atoms with van der Waals surface area (Å²) in [5.41, 5.74) is 54.6. The molecule has 0 amide bonds. The molecule has 2 aromatic heterocycles. The number of H-pyrrole nitrogens is 2. The van der Waals surface area contributed by atoms with E-state index in [-0.39, 0.29) is 63.8 Å². The lowest BCUT2D eigenvalue weighted by atomic mass is 9.98. The van der Waals surface area contributed by atoms with E-state index in [0.29, 0.717) is 24.4 Å². The maximum atomic E-state index is 8.14. The zero-order chi connectivity index (χ0) is 83.7. The van der Waals surface area contributed by atoms with Gasteiger partial charge in [0.1, 0.15) is 0 Å². The first-order valence-corrected chi connectivity index (χ1v) is 34.7. The third-order valence-corrected chi connectivity index (χ3v) is 13.3. The highest BCUT2D eigenvalue weighted by Gasteiger charge is 2.07. The van der Waals surface area contributed by atoms with Crippen molar-refractivity contribution in [2.45, 2.75) is 205 Å². The number of aliphatic hydroxyl groups excluding tert-OH is 1. The number of aromatic nitrogens is 4. The molecule has 0 saturated carbocycles. The number of hydrogen-bond acceptors (Lipinski definition) is 20. The number of aliphatic hydroxyl groups is 1. The number of fused-ring (bicyclic) bond motifs is 2. The third kappa shape index (κ3) is 65.5. The molecule has 22 nitrogen and oxygen atoms in total. The van der Waals surface area contributed by atoms with Crippen molar-refractivity contribution >= 4 is 131 Å². The maximum Gasteiger partial charge on any atom is 0.373 e. The first-order valence-electron chi connectivity index (χ1n) is 33.6. The molecule has 0 unspecified atom stereocenters. The van der Waals surface area contributed by atoms with Gasteiger partial charge in [0.2, 0.25) is 0 Å². The quantitative estimate of drug-likeness (QED) is 0.0303. The molecule has 0 spiro atoms. The van der Waals surface area contributed by atoms with Crippen LogP contribution in [0.3, 0.4) is 0 Å². The van der Waals surface area contributed by atoms with Crippen LogP contribution in [0.25, 0.3) is 27.9 Å². The SMILES string of the molecule is C=C(C)C.CC.CC(C)=Cc1cc(C)c(N)c(C)c1.CC(C)CO.CCC.Cc1cc(CC(C)C)cc(C)c1N.Cc1cc(CC(C)C)cc2cn[nH]c12.Cc1cc(C[C@H](C)N)cc2cn[nH]c12.Cc1cc(I)cc(C)c1N.Cc1cccc(C)c1N.Cl.O=C=O.O=C=O.O=C=O.O=C=O.O=C=O.O=C=O.[B]. The number of para-hydroxylation sites is 1. The number of anilines is 4. The summed E-state index contributed by atoms with van der Waals surface area (Å²) in [6.07, 6.45) is 11.9. The fourth-order valence-electron chi connectivity index (χ4n) is 8.53. The second-order valence-electron chi connectivity index (χ2n) is 25.1. The van der Waals surface area contributed by atoms with Crippen molar-refractivity contribution in [3.8, 4) is 0 Å². The Hall–Kier alpha value is -9.78. The molecule has 25 heteroatoms. The first kappa shape index (κ1) is 118. The lowest BCUT2D eigenvalue weighted by molar-refractivity contribution is -0.193. The lowest BCUT2D eigenvalue weighted by Gasteiger charge is -2.10. The van der Waals surface area contributed by atoms with Gasteiger partial charge in [0.05, 0.1) is 23.4 Å². The summed E-state index contributed by atoms with van der Waals surface area (Å²) in [6, 6.07) is 27.9. The van der Waals surface area contributed by atoms with Gasteiger partial charge < -0.3 is 33.8 Å². The molecule has 0 bridgehead atoms. The Morgan fingerprint density at radius 1 is 0.467 bits per heavy atom. The summed E-state index contributed by atoms with van der Waals surface area (Å²) in [5, 5.41) is 24.6. The number of carbonyl (C=O) groups excluding carboxylic acids is 12. The Balaban J connectivity index is -0.000000122. The van der Waals surface area contributed by atoms with Crippen molar-refractivity contribution in [3.05, 3.63) is 190 Å². The van der Waals surface area contributed by atoms with Crippen LogP contribution in [0.2, 0.25) is 0 Å². The van der Waals surface area contributed by atoms with Crippen molar-refractivity contribution in [2.24, 2.45) is 23.5 Å². The lowest BCUT2D eigenvalue weighted by Crippen LogP contribution is -2.17. The van der Waals surface area contributed by atoms with Crippen LogP contribution in [0, 0.1) is 90.6 Å². The van der Waals surface area contributed by atoms with Crippen molar-refractivity contribution < 1.29 is 62.6 Å². The maximum absolute atomic E-state index is 8.14. The Morgan fingerprint density at radius 3 is 0.944 bits per heavy atom. The fraction of sp³-hybridized carbons (Fsp3) is 0.415. The van der Waals surface area contributed by atoms with Crippen LogP contribution in [0.4, 0.5) is 22.7 Å². The summed E-state index contributed by atoms with van der Waals surface area (Å²) < 4.78 is 1.25. The summed E-state index contributed by atoms with van der Waals surface area (Å²) in [5.74, 6) is 1.86. The van der Waals surface area contributed by atoms with Crippen LogP contribution in [-0.4, -0.2) is 83.5 Å². The largest absolute Gasteiger partial charge is 0.398 e. The van der Waals surface area contributed by atoms with Crippen molar-refractivity contribution in [2.75, 3.05) is 29.5 Å². The highest BCUT2D eigenvalue weighted by Crippen LogP contribution is 2.24. The number of nitrogen functional groups attached to an aromatic ring is 4. The number of hydrogen-bond donors (Lipinski definition) is 8. The summed E-state index contributed by atoms with van der Waals surface area (Å²) >= 11 is 2.29. The molecule has 13 N–H and O–H groups in total. The van der Waals surface area contributed by atoms with Gasteiger partial charge in [-0.2, -0.15) is 67.7 Å². The summed E-state index contributed by atoms with van der Waals surface area (Å²) in [6.45, 7) is 55.7. The number of benzene rings is 6. The molecule has 8 aromatic rings. The molecule has 8 rings (SSSR count). The third-order valence-electron chi connectivity index (χ3n) is 12.6. The Kier molecular flexibility index (Phi) is 82.4. The van der Waals surface area contributed by atoms with Gasteiger partial charge in [-0.1, -0.05) is 135 Å². The first-order chi connectivity index (χ1) is 49.1. The topological polar surface area (TPSA) is 413 Å². The van der Waals surface area contributed by atoms with E-state index in [2.05, 4.69) is 199 Å². The number of aromatic amines is 2. The van der Waals surface area contributed by atoms with Crippen molar-refractivity contribution in [3.63, 3.8) is 0 Å². The van der Waals surface area contributed by atoms with Crippen LogP contribution in [-0.2, 0) is 76.8 Å². The Bertz CT molecular complexity index is 3670. The van der Waals surface area contributed by atoms with E-state index in [1.165, 1.54) is 87.5 Å². The molecule has 0 fully saturated rings. The monoisotopic (exact) mass is 1610 g/mol. The van der Waals surface area contributed by atoms with Gasteiger partial charge >= 0.3 is 36.9 Å². The minimum Gasteiger partial charge on any atom is -0.398 e. The van der Waals surface area contributed by atoms with Crippen LogP contribution in [0.1, 0.15) is 188 Å². The molecular weight excluding hydrogens is 1490 g/mol. The molecule has 3 radical (unpaired) electrons. The number of nitrogens with two attached hydrogens (primary N) is 5. The molecule has 6 aromatic carbocycles. The molecule has 589 valence electrons. The normalized spacial score (nSPS) is 8.85. The van der Waals surface area contributed by atoms with Gasteiger partial charge in [-0.15, -0.1) is 19.0 Å². The molecule has 0 aliphatic rings. The number of aryl methyl sites for hydroxylation is 10. The summed E-state index contributed by atoms with van der Waals surface area (Å²) in [7, 11) is 0. The van der Waals surface area contributed by atoms with E-state index >= 15 is 0 Å². The molecule has 0 aliphatic heterocycles. The van der Waals surface area contributed by atoms with E-state index < -0.39 is 0 Å². The standard InChI is InChI=1S/C12H16N2.C12H19N.C12H17N.C11H15N3.C8H10IN.C8H11N.C4H10O.C4H8.C3H8.C2H6.6CO2.B.ClH/c1-8(2)4-10-5-9(3)12-11(6-10)7-13-14-12;2*1-8(2)5-11-6-9(3)12(13)10(4)7-11;1-7-3-9(4-8(2)12)5-10-6-13-14-11(7)10;1-5-3-7(9)4-6(2)8(5)10;1-6-4-3-5-7(2)8(6)9;1-4(2)3-5;1-4(2)3;1-3-2;1-2;6*2-1-3;;/h5-8H,4H2,1-3H3,(H,13,14);6-8H,5,13H2,1-4H3;5-7H,13H2,1-4H3;3,5-6,8H,4,12H2,1-2H3,(H,13,14);3-4H,10H2,1-2H3;3-5H,9H2,1-2H3;4-5H,3H2,1-2H3;1H2,2-3H3;3H2,1-2H3;1-2H3;;;;;;;;1H/t;;;8-;;;;;;;;;;;;;;/m...0............../s1. The number of allylic oxidation sites excluding steroid dienone is 2. The smallest absolute Gasteiger partial charge is 0.373 e. The number of nitrogens with one attached hydrogen (secondary N) is 2. The zero-order valence-electron chi connectivity index (χ0n) is 67.8. The molecule has 1 atom stereocenters. The second-order valence-corrected chi connectivity index (χ2v) is 26.3. The van der Waals surface area contributed by atoms with Gasteiger partial charge in [-0.25, -0.2) is 0 Å². The Labute approximate surface area is 658 Å². The second kappa shape index (κ2) is 74.5. The number of rotatable bonds is 8. The van der Waals surface area contributed by atoms with Gasteiger partial charge in [0.15, 0.2) is 0 Å². The summed E-state index contributed by atoms with van der Waals surface area (Å²) in [4.78, 5) is 97.5. The van der Waals surface area contributed by atoms with Crippen LogP contribution in [0.5, 0.6) is 0 Å². The molecule has 0 aliphatic carbocycles. The Morgan fingerprint density at radius 2 is 0.701 bits per heavy atom. The van der Waals surface area contributed by atoms with E-state index in [1.807, 2.05) is 121 Å². The molecular formula is C82H121BClIN9O13. The predicted molar refractivity (Wildman–Crippen MR) is 442 cm³/mol. The van der Waals surface area contributed by atoms with Gasteiger partial charge in [0.25, 0.3) is 0 Å². The van der Waals surface area contributed by atoms with Crippen LogP contribution < -0.4 is 28.7 Å². The number of nitrogens with zero attached hydrogens (tertiary/aromatic N) is 2. The van der Waals surface area contributed by atoms with Gasteiger partial charge in [-0.3, -0.25) is 10.2 Å². The average molecular weight is 1610 g/mol. The predicted octanol–water partition coefficient (Wildman–Crippen LogP) is 16.8. The van der Waals surface area contributed by atoms with Gasteiger partial charge in [0, 0.05) is 58.2 Å². The fourth-order valence-corrected chi connectivity index (χ4v) is 9.47.